The second-order valence-corrected chi connectivity index (χ2v) is 4.17. The molecule has 13 heavy (non-hydrogen) atoms. The van der Waals surface area contributed by atoms with Crippen LogP contribution in [0.4, 0.5) is 14.5 Å². The number of halogens is 3. The van der Waals surface area contributed by atoms with E-state index in [-0.39, 0.29) is 5.56 Å². The summed E-state index contributed by atoms with van der Waals surface area (Å²) in [4.78, 5) is 0. The van der Waals surface area contributed by atoms with Gasteiger partial charge in [0.25, 0.3) is 0 Å². The maximum Gasteiger partial charge on any atom is 0.321 e. The summed E-state index contributed by atoms with van der Waals surface area (Å²) in [7, 11) is 0. The zero-order chi connectivity index (χ0) is 10.1. The maximum atomic E-state index is 12.9. The van der Waals surface area contributed by atoms with E-state index < -0.39 is 3.93 Å². The van der Waals surface area contributed by atoms with Crippen LogP contribution < -0.4 is 5.73 Å². The standard InChI is InChI=1S/C9H10F2IN/c1-2-6-3-7(9(10,11)12)5-8(13)4-6/h3-5H,2,13H2,1H3. The van der Waals surface area contributed by atoms with Gasteiger partial charge in [-0.15, -0.1) is 0 Å². The summed E-state index contributed by atoms with van der Waals surface area (Å²) in [5, 5.41) is 0. The molecule has 0 amide bonds. The fraction of sp³-hybridized carbons (Fsp3) is 0.333. The Hall–Kier alpha value is -0.390. The number of nitrogen functional groups attached to an aromatic ring is 1. The molecule has 0 spiro atoms. The number of nitrogens with two attached hydrogens (primary N) is 1. The molecule has 1 aromatic rings. The quantitative estimate of drug-likeness (QED) is 0.506. The molecular weight excluding hydrogens is 287 g/mol. The number of alkyl halides is 3. The van der Waals surface area contributed by atoms with Crippen molar-refractivity contribution in [3.05, 3.63) is 29.3 Å². The molecule has 0 unspecified atom stereocenters. The lowest BCUT2D eigenvalue weighted by Crippen LogP contribution is -2.04. The van der Waals surface area contributed by atoms with E-state index in [2.05, 4.69) is 0 Å². The van der Waals surface area contributed by atoms with Crippen LogP contribution >= 0.6 is 22.6 Å². The highest BCUT2D eigenvalue weighted by Crippen LogP contribution is 2.36. The van der Waals surface area contributed by atoms with E-state index in [0.29, 0.717) is 12.1 Å². The third-order valence-electron chi connectivity index (χ3n) is 1.75. The minimum atomic E-state index is -2.84. The molecule has 4 heteroatoms. The Morgan fingerprint density at radius 1 is 1.38 bits per heavy atom. The van der Waals surface area contributed by atoms with E-state index in [9.17, 15) is 8.78 Å². The van der Waals surface area contributed by atoms with Crippen LogP contribution in [0.2, 0.25) is 0 Å². The molecule has 0 radical (unpaired) electrons. The molecule has 0 saturated heterocycles. The van der Waals surface area contributed by atoms with Crippen LogP contribution in [0.3, 0.4) is 0 Å². The lowest BCUT2D eigenvalue weighted by Gasteiger charge is -2.11. The van der Waals surface area contributed by atoms with Crippen molar-refractivity contribution < 1.29 is 8.78 Å². The van der Waals surface area contributed by atoms with Gasteiger partial charge >= 0.3 is 3.93 Å². The van der Waals surface area contributed by atoms with Crippen LogP contribution in [0.15, 0.2) is 18.2 Å². The van der Waals surface area contributed by atoms with Crippen molar-refractivity contribution in [1.82, 2.24) is 0 Å². The normalized spacial score (nSPS) is 11.7. The third-order valence-corrected chi connectivity index (χ3v) is 2.37. The molecule has 0 fully saturated rings. The van der Waals surface area contributed by atoms with Crippen molar-refractivity contribution in [3.8, 4) is 0 Å². The predicted molar refractivity (Wildman–Crippen MR) is 58.1 cm³/mol. The number of aryl methyl sites for hydroxylation is 1. The number of anilines is 1. The van der Waals surface area contributed by atoms with Gasteiger partial charge in [0.1, 0.15) is 0 Å². The Morgan fingerprint density at radius 3 is 2.46 bits per heavy atom. The van der Waals surface area contributed by atoms with Gasteiger partial charge in [-0.1, -0.05) is 6.92 Å². The van der Waals surface area contributed by atoms with Gasteiger partial charge in [0.15, 0.2) is 0 Å². The van der Waals surface area contributed by atoms with Gasteiger partial charge in [-0.25, -0.2) is 0 Å². The summed E-state index contributed by atoms with van der Waals surface area (Å²) in [6, 6.07) is 4.51. The zero-order valence-corrected chi connectivity index (χ0v) is 9.31. The molecule has 1 nitrogen and oxygen atoms in total. The molecule has 1 rings (SSSR count). The summed E-state index contributed by atoms with van der Waals surface area (Å²) < 4.78 is 22.9. The van der Waals surface area contributed by atoms with E-state index >= 15 is 0 Å². The van der Waals surface area contributed by atoms with Gasteiger partial charge in [0.2, 0.25) is 0 Å². The van der Waals surface area contributed by atoms with E-state index in [1.165, 1.54) is 12.1 Å². The van der Waals surface area contributed by atoms with Gasteiger partial charge in [-0.3, -0.25) is 0 Å². The van der Waals surface area contributed by atoms with Crippen molar-refractivity contribution in [1.29, 1.82) is 0 Å². The minimum Gasteiger partial charge on any atom is -0.399 e. The number of benzene rings is 1. The lowest BCUT2D eigenvalue weighted by molar-refractivity contribution is 0.127. The number of rotatable bonds is 2. The first-order chi connectivity index (χ1) is 5.93. The average Bonchev–Trinajstić information content (AvgIpc) is 2.01. The first-order valence-corrected chi connectivity index (χ1v) is 4.98. The second kappa shape index (κ2) is 3.77. The Balaban J connectivity index is 3.16. The Kier molecular flexibility index (Phi) is 3.10. The molecule has 0 aromatic heterocycles. The largest absolute Gasteiger partial charge is 0.399 e. The monoisotopic (exact) mass is 297 g/mol. The van der Waals surface area contributed by atoms with Gasteiger partial charge in [-0.2, -0.15) is 8.78 Å². The minimum absolute atomic E-state index is 0.0232. The predicted octanol–water partition coefficient (Wildman–Crippen LogP) is 3.32. The fourth-order valence-corrected chi connectivity index (χ4v) is 1.40. The third kappa shape index (κ3) is 2.79. The summed E-state index contributed by atoms with van der Waals surface area (Å²) in [6.45, 7) is 1.91. The molecule has 0 heterocycles. The summed E-state index contributed by atoms with van der Waals surface area (Å²) in [5.74, 6) is 0. The number of hydrogen-bond donors (Lipinski definition) is 1. The van der Waals surface area contributed by atoms with Crippen molar-refractivity contribution in [2.75, 3.05) is 5.73 Å². The van der Waals surface area contributed by atoms with E-state index in [1.807, 2.05) is 6.92 Å². The van der Waals surface area contributed by atoms with Crippen LogP contribution in [0.1, 0.15) is 18.1 Å². The van der Waals surface area contributed by atoms with Gasteiger partial charge in [0, 0.05) is 33.8 Å². The highest BCUT2D eigenvalue weighted by atomic mass is 127. The zero-order valence-electron chi connectivity index (χ0n) is 7.15. The van der Waals surface area contributed by atoms with Crippen LogP contribution in [0.5, 0.6) is 0 Å². The topological polar surface area (TPSA) is 26.0 Å². The van der Waals surface area contributed by atoms with Crippen LogP contribution in [0.25, 0.3) is 0 Å². The van der Waals surface area contributed by atoms with Crippen molar-refractivity contribution in [2.24, 2.45) is 0 Å². The van der Waals surface area contributed by atoms with E-state index in [1.54, 1.807) is 6.07 Å². The molecule has 2 N–H and O–H groups in total. The first kappa shape index (κ1) is 10.7. The molecular formula is C9H10F2IN. The molecule has 0 atom stereocenters. The Bertz CT molecular complexity index is 307. The molecule has 0 aliphatic carbocycles. The molecule has 0 aliphatic heterocycles. The summed E-state index contributed by atoms with van der Waals surface area (Å²) in [5.41, 5.74) is 6.71. The SMILES string of the molecule is CCc1cc(N)cc(C(F)(F)I)c1. The molecule has 0 aliphatic rings. The second-order valence-electron chi connectivity index (χ2n) is 2.81. The molecule has 1 aromatic carbocycles. The van der Waals surface area contributed by atoms with E-state index in [0.717, 1.165) is 28.2 Å². The Morgan fingerprint density at radius 2 is 2.00 bits per heavy atom. The summed E-state index contributed by atoms with van der Waals surface area (Å²) in [6.07, 6.45) is 0.713. The lowest BCUT2D eigenvalue weighted by atomic mass is 10.1. The van der Waals surface area contributed by atoms with Crippen molar-refractivity contribution in [3.63, 3.8) is 0 Å². The fourth-order valence-electron chi connectivity index (χ4n) is 1.09. The van der Waals surface area contributed by atoms with Gasteiger partial charge in [-0.05, 0) is 30.2 Å². The molecule has 72 valence electrons. The van der Waals surface area contributed by atoms with Crippen molar-refractivity contribution >= 4 is 28.3 Å². The average molecular weight is 297 g/mol. The maximum absolute atomic E-state index is 12.9. The molecule has 0 bridgehead atoms. The molecule has 0 saturated carbocycles. The van der Waals surface area contributed by atoms with Crippen LogP contribution in [-0.2, 0) is 10.4 Å². The summed E-state index contributed by atoms with van der Waals surface area (Å²) >= 11 is 1.10. The smallest absolute Gasteiger partial charge is 0.321 e. The van der Waals surface area contributed by atoms with Crippen molar-refractivity contribution in [2.45, 2.75) is 17.3 Å². The van der Waals surface area contributed by atoms with E-state index in [4.69, 9.17) is 5.73 Å². The van der Waals surface area contributed by atoms with Crippen LogP contribution in [0, 0.1) is 0 Å². The van der Waals surface area contributed by atoms with Gasteiger partial charge < -0.3 is 5.73 Å². The van der Waals surface area contributed by atoms with Gasteiger partial charge in [0.05, 0.1) is 0 Å². The first-order valence-electron chi connectivity index (χ1n) is 3.90. The highest BCUT2D eigenvalue weighted by molar-refractivity contribution is 14.1. The van der Waals surface area contributed by atoms with Crippen LogP contribution in [-0.4, -0.2) is 0 Å². The highest BCUT2D eigenvalue weighted by Gasteiger charge is 2.27. The number of hydrogen-bond acceptors (Lipinski definition) is 1. The Labute approximate surface area is 89.5 Å².